The molecule has 0 amide bonds. The standard InChI is InChI=1S/C16H25NO3/c1-11(6-5-7-12(2)17)16(18)13-8-14(19-3)10-15(9-13)20-4/h8-12H,5-7,17H2,1-4H3. The molecule has 0 aliphatic heterocycles. The van der Waals surface area contributed by atoms with Crippen LogP contribution in [0.2, 0.25) is 0 Å². The lowest BCUT2D eigenvalue weighted by atomic mass is 9.93. The van der Waals surface area contributed by atoms with Crippen molar-refractivity contribution in [3.8, 4) is 11.5 Å². The third-order valence-corrected chi connectivity index (χ3v) is 3.38. The van der Waals surface area contributed by atoms with Crippen LogP contribution in [0.25, 0.3) is 0 Å². The number of Topliss-reactive ketones (excluding diaryl/α,β-unsaturated/α-hetero) is 1. The molecule has 0 bridgehead atoms. The number of hydrogen-bond donors (Lipinski definition) is 1. The first-order valence-corrected chi connectivity index (χ1v) is 7.00. The van der Waals surface area contributed by atoms with Gasteiger partial charge in [-0.05, 0) is 31.9 Å². The zero-order valence-corrected chi connectivity index (χ0v) is 12.8. The van der Waals surface area contributed by atoms with Crippen molar-refractivity contribution in [1.29, 1.82) is 0 Å². The summed E-state index contributed by atoms with van der Waals surface area (Å²) in [5.41, 5.74) is 6.36. The highest BCUT2D eigenvalue weighted by Crippen LogP contribution is 2.25. The van der Waals surface area contributed by atoms with Gasteiger partial charge < -0.3 is 15.2 Å². The molecule has 0 fully saturated rings. The maximum Gasteiger partial charge on any atom is 0.165 e. The third-order valence-electron chi connectivity index (χ3n) is 3.38. The Bertz CT molecular complexity index is 421. The van der Waals surface area contributed by atoms with Crippen molar-refractivity contribution in [3.05, 3.63) is 23.8 Å². The fourth-order valence-electron chi connectivity index (χ4n) is 2.11. The molecule has 0 saturated heterocycles. The Balaban J connectivity index is 2.75. The summed E-state index contributed by atoms with van der Waals surface area (Å²) >= 11 is 0. The number of nitrogens with two attached hydrogens (primary N) is 1. The summed E-state index contributed by atoms with van der Waals surface area (Å²) in [5, 5.41) is 0. The predicted molar refractivity (Wildman–Crippen MR) is 80.5 cm³/mol. The van der Waals surface area contributed by atoms with Crippen molar-refractivity contribution in [2.75, 3.05) is 14.2 Å². The largest absolute Gasteiger partial charge is 0.497 e. The van der Waals surface area contributed by atoms with Crippen molar-refractivity contribution < 1.29 is 14.3 Å². The number of benzene rings is 1. The molecule has 4 nitrogen and oxygen atoms in total. The summed E-state index contributed by atoms with van der Waals surface area (Å²) in [6, 6.07) is 5.46. The van der Waals surface area contributed by atoms with Crippen LogP contribution in [0, 0.1) is 5.92 Å². The van der Waals surface area contributed by atoms with Gasteiger partial charge in [0.15, 0.2) is 5.78 Å². The molecule has 0 aliphatic carbocycles. The van der Waals surface area contributed by atoms with E-state index in [4.69, 9.17) is 15.2 Å². The summed E-state index contributed by atoms with van der Waals surface area (Å²) in [4.78, 5) is 12.4. The van der Waals surface area contributed by atoms with Crippen LogP contribution in [0.1, 0.15) is 43.5 Å². The zero-order chi connectivity index (χ0) is 15.1. The molecule has 2 N–H and O–H groups in total. The van der Waals surface area contributed by atoms with Crippen LogP contribution in [0.3, 0.4) is 0 Å². The molecule has 2 atom stereocenters. The van der Waals surface area contributed by atoms with Gasteiger partial charge in [0.25, 0.3) is 0 Å². The van der Waals surface area contributed by atoms with Gasteiger partial charge in [0.05, 0.1) is 14.2 Å². The van der Waals surface area contributed by atoms with E-state index >= 15 is 0 Å². The van der Waals surface area contributed by atoms with Gasteiger partial charge in [0, 0.05) is 23.6 Å². The normalized spacial score (nSPS) is 13.7. The molecule has 1 aromatic carbocycles. The maximum absolute atomic E-state index is 12.4. The van der Waals surface area contributed by atoms with Crippen LogP contribution in [-0.4, -0.2) is 26.0 Å². The van der Waals surface area contributed by atoms with E-state index in [1.165, 1.54) is 0 Å². The van der Waals surface area contributed by atoms with E-state index < -0.39 is 0 Å². The molecule has 2 unspecified atom stereocenters. The summed E-state index contributed by atoms with van der Waals surface area (Å²) in [7, 11) is 3.16. The SMILES string of the molecule is COc1cc(OC)cc(C(=O)C(C)CCCC(C)N)c1. The van der Waals surface area contributed by atoms with Crippen LogP contribution in [0.15, 0.2) is 18.2 Å². The lowest BCUT2D eigenvalue weighted by Gasteiger charge is -2.13. The Kier molecular flexibility index (Phi) is 6.52. The van der Waals surface area contributed by atoms with E-state index in [0.717, 1.165) is 19.3 Å². The van der Waals surface area contributed by atoms with E-state index in [9.17, 15) is 4.79 Å². The van der Waals surface area contributed by atoms with E-state index in [0.29, 0.717) is 17.1 Å². The minimum atomic E-state index is -0.0226. The Hall–Kier alpha value is -1.55. The van der Waals surface area contributed by atoms with Crippen LogP contribution in [0.5, 0.6) is 11.5 Å². The average Bonchev–Trinajstić information content (AvgIpc) is 2.45. The van der Waals surface area contributed by atoms with Gasteiger partial charge in [0.2, 0.25) is 0 Å². The molecule has 4 heteroatoms. The topological polar surface area (TPSA) is 61.5 Å². The summed E-state index contributed by atoms with van der Waals surface area (Å²) in [6.45, 7) is 3.94. The molecule has 0 heterocycles. The second kappa shape index (κ2) is 7.90. The maximum atomic E-state index is 12.4. The van der Waals surface area contributed by atoms with Gasteiger partial charge in [-0.1, -0.05) is 13.3 Å². The van der Waals surface area contributed by atoms with Gasteiger partial charge >= 0.3 is 0 Å². The van der Waals surface area contributed by atoms with Crippen LogP contribution < -0.4 is 15.2 Å². The number of carbonyl (C=O) groups excluding carboxylic acids is 1. The first-order valence-electron chi connectivity index (χ1n) is 7.00. The Morgan fingerprint density at radius 2 is 1.65 bits per heavy atom. The van der Waals surface area contributed by atoms with Gasteiger partial charge in [-0.15, -0.1) is 0 Å². The second-order valence-electron chi connectivity index (χ2n) is 5.27. The van der Waals surface area contributed by atoms with E-state index in [1.54, 1.807) is 32.4 Å². The molecular formula is C16H25NO3. The quantitative estimate of drug-likeness (QED) is 0.743. The van der Waals surface area contributed by atoms with E-state index in [1.807, 2.05) is 13.8 Å². The molecule has 0 aliphatic rings. The highest BCUT2D eigenvalue weighted by molar-refractivity contribution is 5.98. The zero-order valence-electron chi connectivity index (χ0n) is 12.8. The molecule has 1 aromatic rings. The first-order chi connectivity index (χ1) is 9.47. The van der Waals surface area contributed by atoms with Crippen molar-refractivity contribution in [3.63, 3.8) is 0 Å². The predicted octanol–water partition coefficient (Wildman–Crippen LogP) is 3.04. The number of carbonyl (C=O) groups is 1. The smallest absolute Gasteiger partial charge is 0.165 e. The summed E-state index contributed by atoms with van der Waals surface area (Å²) in [6.07, 6.45) is 2.75. The van der Waals surface area contributed by atoms with Gasteiger partial charge in [-0.2, -0.15) is 0 Å². The van der Waals surface area contributed by atoms with Gasteiger partial charge in [-0.3, -0.25) is 4.79 Å². The molecule has 0 saturated carbocycles. The molecule has 20 heavy (non-hydrogen) atoms. The minimum absolute atomic E-state index is 0.0226. The number of rotatable bonds is 8. The first kappa shape index (κ1) is 16.5. The fraction of sp³-hybridized carbons (Fsp3) is 0.562. The van der Waals surface area contributed by atoms with Crippen LogP contribution in [-0.2, 0) is 0 Å². The van der Waals surface area contributed by atoms with Gasteiger partial charge in [0.1, 0.15) is 11.5 Å². The van der Waals surface area contributed by atoms with Crippen molar-refractivity contribution in [1.82, 2.24) is 0 Å². The van der Waals surface area contributed by atoms with E-state index in [-0.39, 0.29) is 17.7 Å². The van der Waals surface area contributed by atoms with Crippen molar-refractivity contribution in [2.45, 2.75) is 39.2 Å². The lowest BCUT2D eigenvalue weighted by molar-refractivity contribution is 0.0921. The fourth-order valence-corrected chi connectivity index (χ4v) is 2.11. The molecule has 0 aromatic heterocycles. The van der Waals surface area contributed by atoms with Crippen LogP contribution >= 0.6 is 0 Å². The van der Waals surface area contributed by atoms with Crippen LogP contribution in [0.4, 0.5) is 0 Å². The monoisotopic (exact) mass is 279 g/mol. The number of hydrogen-bond acceptors (Lipinski definition) is 4. The highest BCUT2D eigenvalue weighted by atomic mass is 16.5. The summed E-state index contributed by atoms with van der Waals surface area (Å²) < 4.78 is 10.4. The van der Waals surface area contributed by atoms with Gasteiger partial charge in [-0.25, -0.2) is 0 Å². The van der Waals surface area contributed by atoms with Crippen molar-refractivity contribution >= 4 is 5.78 Å². The Morgan fingerprint density at radius 1 is 1.10 bits per heavy atom. The Morgan fingerprint density at radius 3 is 2.10 bits per heavy atom. The molecule has 0 radical (unpaired) electrons. The molecular weight excluding hydrogens is 254 g/mol. The number of ketones is 1. The lowest BCUT2D eigenvalue weighted by Crippen LogP contribution is -2.16. The van der Waals surface area contributed by atoms with Crippen molar-refractivity contribution in [2.24, 2.45) is 11.7 Å². The molecule has 112 valence electrons. The summed E-state index contributed by atoms with van der Waals surface area (Å²) in [5.74, 6) is 1.36. The Labute approximate surface area is 121 Å². The number of ether oxygens (including phenoxy) is 2. The minimum Gasteiger partial charge on any atom is -0.497 e. The molecule has 0 spiro atoms. The average molecular weight is 279 g/mol. The third kappa shape index (κ3) is 4.85. The highest BCUT2D eigenvalue weighted by Gasteiger charge is 2.17. The van der Waals surface area contributed by atoms with E-state index in [2.05, 4.69) is 0 Å². The second-order valence-corrected chi connectivity index (χ2v) is 5.27. The molecule has 1 rings (SSSR count). The number of methoxy groups -OCH3 is 2.